The monoisotopic (exact) mass is 338 g/mol. The molecule has 2 rings (SSSR count). The summed E-state index contributed by atoms with van der Waals surface area (Å²) < 4.78 is 8.00. The lowest BCUT2D eigenvalue weighted by molar-refractivity contribution is 0.397. The van der Waals surface area contributed by atoms with E-state index >= 15 is 0 Å². The summed E-state index contributed by atoms with van der Waals surface area (Å²) in [5, 5.41) is 7.78. The number of rotatable bonds is 6. The third kappa shape index (κ3) is 3.37. The maximum absolute atomic E-state index is 5.08. The van der Waals surface area contributed by atoms with Crippen LogP contribution in [0.1, 0.15) is 24.2 Å². The summed E-state index contributed by atoms with van der Waals surface area (Å²) in [7, 11) is 3.58. The SMILES string of the molecule is CCNC(Cc1ccc(OC)nc1)c1c(Br)cnn1C. The van der Waals surface area contributed by atoms with Gasteiger partial charge in [-0.15, -0.1) is 0 Å². The highest BCUT2D eigenvalue weighted by Crippen LogP contribution is 2.25. The van der Waals surface area contributed by atoms with Gasteiger partial charge in [-0.05, 0) is 34.5 Å². The van der Waals surface area contributed by atoms with Gasteiger partial charge in [-0.25, -0.2) is 4.98 Å². The predicted octanol–water partition coefficient (Wildman–Crippen LogP) is 2.48. The molecule has 0 saturated heterocycles. The van der Waals surface area contributed by atoms with Gasteiger partial charge in [0.25, 0.3) is 0 Å². The zero-order valence-corrected chi connectivity index (χ0v) is 13.5. The highest BCUT2D eigenvalue weighted by Gasteiger charge is 2.18. The molecule has 6 heteroatoms. The first-order valence-corrected chi connectivity index (χ1v) is 7.34. The molecule has 0 saturated carbocycles. The summed E-state index contributed by atoms with van der Waals surface area (Å²) in [6, 6.07) is 4.12. The summed E-state index contributed by atoms with van der Waals surface area (Å²) in [6.07, 6.45) is 4.53. The van der Waals surface area contributed by atoms with Crippen LogP contribution in [-0.4, -0.2) is 28.4 Å². The third-order valence-corrected chi connectivity index (χ3v) is 3.78. The second-order valence-corrected chi connectivity index (χ2v) is 5.38. The number of hydrogen-bond acceptors (Lipinski definition) is 4. The maximum atomic E-state index is 5.08. The van der Waals surface area contributed by atoms with Gasteiger partial charge in [-0.2, -0.15) is 5.10 Å². The van der Waals surface area contributed by atoms with Crippen LogP contribution in [0.25, 0.3) is 0 Å². The molecule has 0 spiro atoms. The van der Waals surface area contributed by atoms with Crippen molar-refractivity contribution in [2.45, 2.75) is 19.4 Å². The lowest BCUT2D eigenvalue weighted by Crippen LogP contribution is -2.25. The van der Waals surface area contributed by atoms with Crippen LogP contribution in [0.4, 0.5) is 0 Å². The standard InChI is InChI=1S/C14H19BrN4O/c1-4-16-12(14-11(15)9-18-19(14)2)7-10-5-6-13(20-3)17-8-10/h5-6,8-9,12,16H,4,7H2,1-3H3. The normalized spacial score (nSPS) is 12.4. The average Bonchev–Trinajstić information content (AvgIpc) is 2.78. The second kappa shape index (κ2) is 6.85. The van der Waals surface area contributed by atoms with Gasteiger partial charge in [-0.1, -0.05) is 13.0 Å². The lowest BCUT2D eigenvalue weighted by Gasteiger charge is -2.19. The fourth-order valence-corrected chi connectivity index (χ4v) is 2.84. The third-order valence-electron chi connectivity index (χ3n) is 3.16. The molecule has 0 aliphatic rings. The van der Waals surface area contributed by atoms with Crippen molar-refractivity contribution in [1.82, 2.24) is 20.1 Å². The van der Waals surface area contributed by atoms with E-state index in [9.17, 15) is 0 Å². The Kier molecular flexibility index (Phi) is 5.14. The molecular weight excluding hydrogens is 320 g/mol. The Balaban J connectivity index is 2.20. The van der Waals surface area contributed by atoms with Crippen LogP contribution in [0.3, 0.4) is 0 Å². The quantitative estimate of drug-likeness (QED) is 0.879. The number of hydrogen-bond donors (Lipinski definition) is 1. The number of pyridine rings is 1. The van der Waals surface area contributed by atoms with Gasteiger partial charge in [-0.3, -0.25) is 4.68 Å². The molecule has 5 nitrogen and oxygen atoms in total. The van der Waals surface area contributed by atoms with Gasteiger partial charge >= 0.3 is 0 Å². The molecule has 2 aromatic heterocycles. The summed E-state index contributed by atoms with van der Waals surface area (Å²) in [5.74, 6) is 0.635. The number of nitrogens with zero attached hydrogens (tertiary/aromatic N) is 3. The molecule has 20 heavy (non-hydrogen) atoms. The van der Waals surface area contributed by atoms with Gasteiger partial charge in [0.15, 0.2) is 0 Å². The molecule has 0 amide bonds. The van der Waals surface area contributed by atoms with E-state index < -0.39 is 0 Å². The van der Waals surface area contributed by atoms with Gasteiger partial charge < -0.3 is 10.1 Å². The van der Waals surface area contributed by atoms with E-state index in [1.54, 1.807) is 7.11 Å². The smallest absolute Gasteiger partial charge is 0.212 e. The Morgan fingerprint density at radius 1 is 1.40 bits per heavy atom. The summed E-state index contributed by atoms with van der Waals surface area (Å²) in [4.78, 5) is 4.25. The van der Waals surface area contributed by atoms with Crippen LogP contribution in [-0.2, 0) is 13.5 Å². The molecule has 0 fully saturated rings. The fourth-order valence-electron chi connectivity index (χ4n) is 2.21. The van der Waals surface area contributed by atoms with Gasteiger partial charge in [0.05, 0.1) is 29.5 Å². The molecule has 0 aliphatic carbocycles. The minimum Gasteiger partial charge on any atom is -0.481 e. The van der Waals surface area contributed by atoms with Gasteiger partial charge in [0.2, 0.25) is 5.88 Å². The number of halogens is 1. The van der Waals surface area contributed by atoms with E-state index in [2.05, 4.69) is 38.3 Å². The van der Waals surface area contributed by atoms with E-state index in [0.29, 0.717) is 5.88 Å². The molecular formula is C14H19BrN4O. The first kappa shape index (κ1) is 15.0. The minimum atomic E-state index is 0.192. The van der Waals surface area contributed by atoms with Crippen molar-refractivity contribution in [2.24, 2.45) is 7.05 Å². The molecule has 0 aromatic carbocycles. The topological polar surface area (TPSA) is 52.0 Å². The fraction of sp³-hybridized carbons (Fsp3) is 0.429. The Morgan fingerprint density at radius 2 is 2.20 bits per heavy atom. The molecule has 108 valence electrons. The Bertz CT molecular complexity index is 533. The van der Waals surface area contributed by atoms with Crippen LogP contribution in [0, 0.1) is 0 Å². The van der Waals surface area contributed by atoms with Crippen molar-refractivity contribution < 1.29 is 4.74 Å². The molecule has 2 aromatic rings. The average molecular weight is 339 g/mol. The lowest BCUT2D eigenvalue weighted by atomic mass is 10.0. The molecule has 0 bridgehead atoms. The van der Waals surface area contributed by atoms with Gasteiger partial charge in [0, 0.05) is 19.3 Å². The number of nitrogens with one attached hydrogen (secondary N) is 1. The van der Waals surface area contributed by atoms with Crippen LogP contribution < -0.4 is 10.1 Å². The number of aryl methyl sites for hydroxylation is 1. The van der Waals surface area contributed by atoms with E-state index in [1.807, 2.05) is 36.3 Å². The van der Waals surface area contributed by atoms with Crippen molar-refractivity contribution in [3.8, 4) is 5.88 Å². The molecule has 1 unspecified atom stereocenters. The first-order chi connectivity index (χ1) is 9.65. The highest BCUT2D eigenvalue weighted by molar-refractivity contribution is 9.10. The molecule has 0 aliphatic heterocycles. The zero-order valence-electron chi connectivity index (χ0n) is 11.9. The number of methoxy groups -OCH3 is 1. The molecule has 1 N–H and O–H groups in total. The summed E-state index contributed by atoms with van der Waals surface area (Å²) in [5.41, 5.74) is 2.30. The van der Waals surface area contributed by atoms with Crippen molar-refractivity contribution in [3.63, 3.8) is 0 Å². The Hall–Kier alpha value is -1.40. The van der Waals surface area contributed by atoms with Crippen molar-refractivity contribution in [2.75, 3.05) is 13.7 Å². The van der Waals surface area contributed by atoms with Crippen LogP contribution in [0.5, 0.6) is 5.88 Å². The van der Waals surface area contributed by atoms with Crippen LogP contribution >= 0.6 is 15.9 Å². The van der Waals surface area contributed by atoms with Crippen molar-refractivity contribution in [3.05, 3.63) is 40.3 Å². The number of likely N-dealkylation sites (N-methyl/N-ethyl adjacent to an activating group) is 1. The number of ether oxygens (including phenoxy) is 1. The van der Waals surface area contributed by atoms with Gasteiger partial charge in [0.1, 0.15) is 0 Å². The largest absolute Gasteiger partial charge is 0.481 e. The summed E-state index contributed by atoms with van der Waals surface area (Å²) >= 11 is 3.56. The van der Waals surface area contributed by atoms with E-state index in [1.165, 1.54) is 0 Å². The zero-order chi connectivity index (χ0) is 14.5. The van der Waals surface area contributed by atoms with Crippen LogP contribution in [0.15, 0.2) is 29.0 Å². The molecule has 0 radical (unpaired) electrons. The first-order valence-electron chi connectivity index (χ1n) is 6.55. The Morgan fingerprint density at radius 3 is 2.70 bits per heavy atom. The summed E-state index contributed by atoms with van der Waals surface area (Å²) in [6.45, 7) is 3.00. The van der Waals surface area contributed by atoms with Crippen molar-refractivity contribution in [1.29, 1.82) is 0 Å². The van der Waals surface area contributed by atoms with E-state index in [-0.39, 0.29) is 6.04 Å². The molecule has 1 atom stereocenters. The predicted molar refractivity (Wildman–Crippen MR) is 81.8 cm³/mol. The highest BCUT2D eigenvalue weighted by atomic mass is 79.9. The Labute approximate surface area is 127 Å². The van der Waals surface area contributed by atoms with E-state index in [4.69, 9.17) is 4.74 Å². The number of aromatic nitrogens is 3. The van der Waals surface area contributed by atoms with Crippen LogP contribution in [0.2, 0.25) is 0 Å². The van der Waals surface area contributed by atoms with Crippen molar-refractivity contribution >= 4 is 15.9 Å². The minimum absolute atomic E-state index is 0.192. The molecule has 2 heterocycles. The van der Waals surface area contributed by atoms with E-state index in [0.717, 1.165) is 28.7 Å². The second-order valence-electron chi connectivity index (χ2n) is 4.52. The maximum Gasteiger partial charge on any atom is 0.212 e.